The minimum atomic E-state index is -3.65. The van der Waals surface area contributed by atoms with Crippen LogP contribution in [0, 0.1) is 0 Å². The number of hydrogen-bond acceptors (Lipinski definition) is 4. The summed E-state index contributed by atoms with van der Waals surface area (Å²) in [5.74, 6) is 0.231. The van der Waals surface area contributed by atoms with Gasteiger partial charge in [-0.25, -0.2) is 13.1 Å². The molecule has 0 aliphatic rings. The number of nitrogens with one attached hydrogen (secondary N) is 1. The third kappa shape index (κ3) is 3.07. The van der Waals surface area contributed by atoms with Crippen molar-refractivity contribution in [2.75, 3.05) is 0 Å². The van der Waals surface area contributed by atoms with Gasteiger partial charge in [-0.15, -0.1) is 0 Å². The number of sulfonamides is 1. The summed E-state index contributed by atoms with van der Waals surface area (Å²) in [4.78, 5) is 0. The van der Waals surface area contributed by atoms with Gasteiger partial charge in [-0.05, 0) is 32.4 Å². The molecule has 0 fully saturated rings. The van der Waals surface area contributed by atoms with Gasteiger partial charge in [-0.3, -0.25) is 0 Å². The van der Waals surface area contributed by atoms with Gasteiger partial charge < -0.3 is 9.52 Å². The Kier molecular flexibility index (Phi) is 3.77. The van der Waals surface area contributed by atoms with Crippen LogP contribution in [0.1, 0.15) is 33.0 Å². The third-order valence-electron chi connectivity index (χ3n) is 2.35. The van der Waals surface area contributed by atoms with Crippen molar-refractivity contribution in [1.29, 1.82) is 0 Å². The number of rotatable bonds is 5. The summed E-state index contributed by atoms with van der Waals surface area (Å²) in [6.07, 6.45) is 0.666. The summed E-state index contributed by atoms with van der Waals surface area (Å²) < 4.78 is 31.2. The van der Waals surface area contributed by atoms with Crippen LogP contribution in [0.4, 0.5) is 0 Å². The summed E-state index contributed by atoms with van der Waals surface area (Å²) >= 11 is 0. The van der Waals surface area contributed by atoms with Gasteiger partial charge in [0.25, 0.3) is 10.0 Å². The zero-order chi connectivity index (χ0) is 12.4. The van der Waals surface area contributed by atoms with Crippen molar-refractivity contribution in [3.8, 4) is 0 Å². The lowest BCUT2D eigenvalue weighted by molar-refractivity contribution is 0.236. The zero-order valence-electron chi connectivity index (χ0n) is 9.65. The Morgan fingerprint density at radius 2 is 2.06 bits per heavy atom. The van der Waals surface area contributed by atoms with Crippen molar-refractivity contribution in [2.24, 2.45) is 0 Å². The van der Waals surface area contributed by atoms with Crippen molar-refractivity contribution in [3.05, 3.63) is 17.9 Å². The molecule has 0 unspecified atom stereocenters. The molecule has 0 radical (unpaired) electrons. The van der Waals surface area contributed by atoms with E-state index in [-0.39, 0.29) is 17.5 Å². The van der Waals surface area contributed by atoms with Gasteiger partial charge in [0.05, 0.1) is 0 Å². The van der Waals surface area contributed by atoms with Crippen LogP contribution in [0.15, 0.2) is 21.6 Å². The number of aliphatic hydroxyl groups excluding tert-OH is 1. The predicted octanol–water partition coefficient (Wildman–Crippen LogP) is 1.24. The maximum absolute atomic E-state index is 11.8. The topological polar surface area (TPSA) is 79.5 Å². The van der Waals surface area contributed by atoms with Gasteiger partial charge in [0.15, 0.2) is 0 Å². The molecular formula is C10H17NO4S. The van der Waals surface area contributed by atoms with Gasteiger partial charge in [-0.2, -0.15) is 0 Å². The normalized spacial score (nSPS) is 13.0. The highest BCUT2D eigenvalue weighted by atomic mass is 32.2. The van der Waals surface area contributed by atoms with Crippen molar-refractivity contribution < 1.29 is 17.9 Å². The quantitative estimate of drug-likeness (QED) is 0.820. The van der Waals surface area contributed by atoms with E-state index in [1.165, 1.54) is 12.1 Å². The van der Waals surface area contributed by atoms with E-state index in [0.717, 1.165) is 0 Å². The average molecular weight is 247 g/mol. The minimum Gasteiger partial charge on any atom is -0.446 e. The Morgan fingerprint density at radius 3 is 2.50 bits per heavy atom. The minimum absolute atomic E-state index is 0.168. The molecule has 6 heteroatoms. The van der Waals surface area contributed by atoms with E-state index in [4.69, 9.17) is 9.52 Å². The first-order valence-corrected chi connectivity index (χ1v) is 6.52. The van der Waals surface area contributed by atoms with Crippen LogP contribution >= 0.6 is 0 Å². The molecule has 1 aromatic rings. The van der Waals surface area contributed by atoms with E-state index in [1.54, 1.807) is 13.8 Å². The van der Waals surface area contributed by atoms with Gasteiger partial charge in [-0.1, -0.05) is 6.92 Å². The largest absolute Gasteiger partial charge is 0.446 e. The molecule has 5 nitrogen and oxygen atoms in total. The van der Waals surface area contributed by atoms with Crippen molar-refractivity contribution in [2.45, 2.75) is 44.4 Å². The maximum atomic E-state index is 11.8. The summed E-state index contributed by atoms with van der Waals surface area (Å²) in [5, 5.41) is 8.62. The third-order valence-corrected chi connectivity index (χ3v) is 3.92. The molecule has 92 valence electrons. The number of hydrogen-bond donors (Lipinski definition) is 2. The molecule has 0 aromatic carbocycles. The lowest BCUT2D eigenvalue weighted by Crippen LogP contribution is -2.42. The lowest BCUT2D eigenvalue weighted by Gasteiger charge is -2.23. The van der Waals surface area contributed by atoms with E-state index in [2.05, 4.69) is 4.72 Å². The summed E-state index contributed by atoms with van der Waals surface area (Å²) in [5.41, 5.74) is -0.523. The molecule has 0 aliphatic carbocycles. The van der Waals surface area contributed by atoms with Crippen LogP contribution < -0.4 is 4.72 Å². The Bertz CT molecular complexity index is 447. The molecule has 0 aliphatic heterocycles. The highest BCUT2D eigenvalue weighted by Crippen LogP contribution is 2.17. The fourth-order valence-electron chi connectivity index (χ4n) is 1.07. The monoisotopic (exact) mass is 247 g/mol. The molecule has 0 saturated heterocycles. The Morgan fingerprint density at radius 1 is 1.44 bits per heavy atom. The first kappa shape index (κ1) is 13.2. The fourth-order valence-corrected chi connectivity index (χ4v) is 2.51. The van der Waals surface area contributed by atoms with E-state index >= 15 is 0 Å². The molecule has 16 heavy (non-hydrogen) atoms. The van der Waals surface area contributed by atoms with E-state index in [0.29, 0.717) is 6.42 Å². The summed E-state index contributed by atoms with van der Waals surface area (Å²) in [7, 11) is -3.65. The molecule has 0 atom stereocenters. The first-order valence-electron chi connectivity index (χ1n) is 5.04. The Labute approximate surface area is 95.5 Å². The van der Waals surface area contributed by atoms with Crippen molar-refractivity contribution in [3.63, 3.8) is 0 Å². The molecule has 0 amide bonds. The van der Waals surface area contributed by atoms with Crippen molar-refractivity contribution in [1.82, 2.24) is 4.72 Å². The van der Waals surface area contributed by atoms with Gasteiger partial charge in [0.2, 0.25) is 5.09 Å². The highest BCUT2D eigenvalue weighted by Gasteiger charge is 2.26. The molecule has 0 bridgehead atoms. The zero-order valence-corrected chi connectivity index (χ0v) is 10.5. The molecule has 1 aromatic heterocycles. The summed E-state index contributed by atoms with van der Waals surface area (Å²) in [6.45, 7) is 5.16. The van der Waals surface area contributed by atoms with E-state index in [9.17, 15) is 8.42 Å². The fraction of sp³-hybridized carbons (Fsp3) is 0.600. The highest BCUT2D eigenvalue weighted by molar-refractivity contribution is 7.89. The smallest absolute Gasteiger partial charge is 0.274 e. The van der Waals surface area contributed by atoms with Crippen LogP contribution in [0.2, 0.25) is 0 Å². The van der Waals surface area contributed by atoms with Crippen LogP contribution in [0.5, 0.6) is 0 Å². The molecule has 1 rings (SSSR count). The lowest BCUT2D eigenvalue weighted by atomic mass is 10.0. The van der Waals surface area contributed by atoms with Crippen molar-refractivity contribution >= 4 is 10.0 Å². The first-order chi connectivity index (χ1) is 7.30. The number of aliphatic hydroxyl groups is 1. The molecule has 0 spiro atoms. The van der Waals surface area contributed by atoms with Crippen LogP contribution in [0.3, 0.4) is 0 Å². The Balaban J connectivity index is 2.94. The standard InChI is InChI=1S/C10H17NO4S/c1-4-10(2,3)11-16(13,14)9-6-5-8(7-12)15-9/h5-6,11-12H,4,7H2,1-3H3. The van der Waals surface area contributed by atoms with Crippen LogP contribution in [0.25, 0.3) is 0 Å². The second kappa shape index (κ2) is 4.57. The van der Waals surface area contributed by atoms with Gasteiger partial charge in [0, 0.05) is 5.54 Å². The molecule has 0 saturated carbocycles. The van der Waals surface area contributed by atoms with Gasteiger partial charge in [0.1, 0.15) is 12.4 Å². The second-order valence-electron chi connectivity index (χ2n) is 4.22. The van der Waals surface area contributed by atoms with E-state index < -0.39 is 15.6 Å². The predicted molar refractivity (Wildman–Crippen MR) is 59.3 cm³/mol. The van der Waals surface area contributed by atoms with Gasteiger partial charge >= 0.3 is 0 Å². The summed E-state index contributed by atoms with van der Waals surface area (Å²) in [6, 6.07) is 2.77. The number of furan rings is 1. The molecule has 1 heterocycles. The molecular weight excluding hydrogens is 230 g/mol. The maximum Gasteiger partial charge on any atom is 0.274 e. The van der Waals surface area contributed by atoms with Crippen LogP contribution in [-0.4, -0.2) is 19.1 Å². The molecule has 2 N–H and O–H groups in total. The van der Waals surface area contributed by atoms with E-state index in [1.807, 2.05) is 6.92 Å². The Hall–Kier alpha value is -0.850. The van der Waals surface area contributed by atoms with Crippen LogP contribution in [-0.2, 0) is 16.6 Å². The SMILES string of the molecule is CCC(C)(C)NS(=O)(=O)c1ccc(CO)o1. The average Bonchev–Trinajstić information content (AvgIpc) is 2.65. The second-order valence-corrected chi connectivity index (χ2v) is 5.84.